The van der Waals surface area contributed by atoms with Gasteiger partial charge in [0.1, 0.15) is 16.4 Å². The van der Waals surface area contributed by atoms with E-state index in [1.807, 2.05) is 40.7 Å². The Morgan fingerprint density at radius 1 is 0.975 bits per heavy atom. The van der Waals surface area contributed by atoms with Crippen LogP contribution in [0, 0.1) is 0 Å². The molecule has 0 fully saturated rings. The smallest absolute Gasteiger partial charge is 0.353 e. The van der Waals surface area contributed by atoms with Crippen molar-refractivity contribution in [2.45, 2.75) is 47.5 Å². The van der Waals surface area contributed by atoms with E-state index in [1.54, 1.807) is 55.0 Å². The summed E-state index contributed by atoms with van der Waals surface area (Å²) in [5.41, 5.74) is 4.52. The molecule has 0 radical (unpaired) electrons. The van der Waals surface area contributed by atoms with Gasteiger partial charge in [0.25, 0.3) is 0 Å². The number of benzene rings is 2. The second kappa shape index (κ2) is 14.3. The number of methoxy groups -OCH3 is 1. The Balaban J connectivity index is 1.95. The number of phenols is 1. The Bertz CT molecular complexity index is 1440. The summed E-state index contributed by atoms with van der Waals surface area (Å²) in [6.07, 6.45) is 8.12. The fraction of sp³-hybridized carbons (Fsp3) is 0.273. The number of allylic oxidation sites excluding steroid dienone is 5. The molecule has 0 aliphatic carbocycles. The number of ether oxygens (including phenoxy) is 3. The van der Waals surface area contributed by atoms with E-state index < -0.39 is 5.97 Å². The fourth-order valence-electron chi connectivity index (χ4n) is 3.96. The lowest BCUT2D eigenvalue weighted by molar-refractivity contribution is 0.0733. The van der Waals surface area contributed by atoms with E-state index >= 15 is 0 Å². The van der Waals surface area contributed by atoms with E-state index in [4.69, 9.17) is 14.2 Å². The molecule has 1 aromatic heterocycles. The molecule has 0 saturated heterocycles. The molecule has 0 amide bonds. The van der Waals surface area contributed by atoms with Crippen LogP contribution in [0.3, 0.4) is 0 Å². The van der Waals surface area contributed by atoms with E-state index in [2.05, 4.69) is 6.08 Å². The summed E-state index contributed by atoms with van der Waals surface area (Å²) < 4.78 is 16.9. The monoisotopic (exact) mass is 560 g/mol. The van der Waals surface area contributed by atoms with Crippen molar-refractivity contribution in [3.05, 3.63) is 98.3 Å². The zero-order valence-electron chi connectivity index (χ0n) is 23.9. The number of phenolic OH excluding ortho intramolecular Hbond substituents is 1. The third-order valence-electron chi connectivity index (χ3n) is 5.96. The second-order valence-electron chi connectivity index (χ2n) is 9.62. The summed E-state index contributed by atoms with van der Waals surface area (Å²) in [6.45, 7) is 10.2. The third kappa shape index (κ3) is 7.96. The molecule has 0 unspecified atom stereocenters. The Kier molecular flexibility index (Phi) is 10.9. The van der Waals surface area contributed by atoms with E-state index in [0.29, 0.717) is 52.7 Å². The largest absolute Gasteiger partial charge is 0.507 e. The second-order valence-corrected chi connectivity index (χ2v) is 10.6. The molecule has 1 N–H and O–H groups in total. The Morgan fingerprint density at radius 2 is 1.70 bits per heavy atom. The van der Waals surface area contributed by atoms with Crippen molar-refractivity contribution in [1.82, 2.24) is 0 Å². The molecule has 0 bridgehead atoms. The van der Waals surface area contributed by atoms with E-state index in [-0.39, 0.29) is 17.1 Å². The van der Waals surface area contributed by atoms with Gasteiger partial charge in [-0.1, -0.05) is 41.5 Å². The van der Waals surface area contributed by atoms with Crippen LogP contribution in [-0.4, -0.2) is 30.6 Å². The minimum Gasteiger partial charge on any atom is -0.507 e. The summed E-state index contributed by atoms with van der Waals surface area (Å²) >= 11 is 1.30. The maximum absolute atomic E-state index is 13.4. The van der Waals surface area contributed by atoms with Crippen molar-refractivity contribution < 1.29 is 28.9 Å². The van der Waals surface area contributed by atoms with Crippen LogP contribution in [0.5, 0.6) is 23.0 Å². The molecular formula is C33H36O6S. The van der Waals surface area contributed by atoms with Crippen LogP contribution in [0.15, 0.2) is 71.2 Å². The predicted octanol–water partition coefficient (Wildman–Crippen LogP) is 7.99. The van der Waals surface area contributed by atoms with Crippen molar-refractivity contribution in [1.29, 1.82) is 0 Å². The number of carbonyl (C=O) groups is 2. The molecule has 6 nitrogen and oxygen atoms in total. The highest BCUT2D eigenvalue weighted by atomic mass is 32.1. The van der Waals surface area contributed by atoms with Gasteiger partial charge in [0, 0.05) is 5.56 Å². The topological polar surface area (TPSA) is 82.1 Å². The number of esters is 1. The van der Waals surface area contributed by atoms with Gasteiger partial charge in [-0.05, 0) is 94.3 Å². The quantitative estimate of drug-likeness (QED) is 0.0795. The molecule has 3 aromatic rings. The maximum Gasteiger partial charge on any atom is 0.353 e. The van der Waals surface area contributed by atoms with Gasteiger partial charge in [0.05, 0.1) is 19.3 Å². The van der Waals surface area contributed by atoms with Crippen LogP contribution in [0.4, 0.5) is 0 Å². The van der Waals surface area contributed by atoms with Gasteiger partial charge in [-0.25, -0.2) is 4.79 Å². The predicted molar refractivity (Wildman–Crippen MR) is 161 cm³/mol. The Labute approximate surface area is 240 Å². The van der Waals surface area contributed by atoms with Crippen molar-refractivity contribution in [3.8, 4) is 23.0 Å². The van der Waals surface area contributed by atoms with Crippen LogP contribution in [0.2, 0.25) is 0 Å². The van der Waals surface area contributed by atoms with Crippen molar-refractivity contribution in [2.75, 3.05) is 13.7 Å². The molecule has 210 valence electrons. The molecule has 0 aliphatic heterocycles. The summed E-state index contributed by atoms with van der Waals surface area (Å²) in [5.74, 6) is 0.380. The molecule has 7 heteroatoms. The number of aromatic hydroxyl groups is 1. The number of thiophene rings is 1. The normalized spacial score (nSPS) is 10.8. The average molecular weight is 561 g/mol. The third-order valence-corrected chi connectivity index (χ3v) is 6.81. The highest BCUT2D eigenvalue weighted by molar-refractivity contribution is 7.12. The van der Waals surface area contributed by atoms with Crippen molar-refractivity contribution in [2.24, 2.45) is 0 Å². The summed E-state index contributed by atoms with van der Waals surface area (Å²) in [4.78, 5) is 26.3. The molecule has 3 rings (SSSR count). The molecule has 40 heavy (non-hydrogen) atoms. The summed E-state index contributed by atoms with van der Waals surface area (Å²) in [7, 11) is 1.57. The van der Waals surface area contributed by atoms with Gasteiger partial charge < -0.3 is 19.3 Å². The zero-order valence-corrected chi connectivity index (χ0v) is 24.7. The van der Waals surface area contributed by atoms with E-state index in [9.17, 15) is 14.7 Å². The lowest BCUT2D eigenvalue weighted by atomic mass is 9.94. The number of carbonyl (C=O) groups excluding carboxylic acids is 2. The highest BCUT2D eigenvalue weighted by Gasteiger charge is 2.21. The zero-order chi connectivity index (χ0) is 29.2. The number of ketones is 1. The first-order valence-corrected chi connectivity index (χ1v) is 14.0. The van der Waals surface area contributed by atoms with Gasteiger partial charge in [0.15, 0.2) is 17.3 Å². The minimum absolute atomic E-state index is 0.0872. The van der Waals surface area contributed by atoms with Crippen LogP contribution >= 0.6 is 11.3 Å². The van der Waals surface area contributed by atoms with Crippen LogP contribution in [-0.2, 0) is 12.8 Å². The van der Waals surface area contributed by atoms with E-state index in [0.717, 1.165) is 16.7 Å². The first-order valence-electron chi connectivity index (χ1n) is 13.1. The SMILES string of the molecule is CCOc1cc(/C=C/C(=O)c2cc(CC=C(C)C)c(OC)c(CC=C(C)C)c2O)ccc1OC(=O)c1cccs1. The number of hydrogen-bond acceptors (Lipinski definition) is 7. The van der Waals surface area contributed by atoms with Gasteiger partial charge in [-0.2, -0.15) is 0 Å². The van der Waals surface area contributed by atoms with Gasteiger partial charge in [0.2, 0.25) is 0 Å². The van der Waals surface area contributed by atoms with Crippen LogP contribution in [0.25, 0.3) is 6.08 Å². The Hall–Kier alpha value is -4.10. The van der Waals surface area contributed by atoms with Crippen molar-refractivity contribution in [3.63, 3.8) is 0 Å². The average Bonchev–Trinajstić information content (AvgIpc) is 3.46. The van der Waals surface area contributed by atoms with Crippen LogP contribution in [0.1, 0.15) is 71.3 Å². The first-order chi connectivity index (χ1) is 19.1. The lowest BCUT2D eigenvalue weighted by Gasteiger charge is -2.17. The summed E-state index contributed by atoms with van der Waals surface area (Å²) in [5, 5.41) is 13.0. The van der Waals surface area contributed by atoms with Gasteiger partial charge in [-0.15, -0.1) is 11.3 Å². The molecule has 0 aliphatic rings. The molecular weight excluding hydrogens is 524 g/mol. The number of rotatable bonds is 12. The Morgan fingerprint density at radius 3 is 2.33 bits per heavy atom. The number of hydrogen-bond donors (Lipinski definition) is 1. The van der Waals surface area contributed by atoms with Gasteiger partial charge >= 0.3 is 5.97 Å². The molecule has 2 aromatic carbocycles. The molecule has 0 atom stereocenters. The molecule has 1 heterocycles. The minimum atomic E-state index is -0.461. The fourth-order valence-corrected chi connectivity index (χ4v) is 4.56. The molecule has 0 saturated carbocycles. The van der Waals surface area contributed by atoms with E-state index in [1.165, 1.54) is 17.4 Å². The lowest BCUT2D eigenvalue weighted by Crippen LogP contribution is -2.08. The molecule has 0 spiro atoms. The highest BCUT2D eigenvalue weighted by Crippen LogP contribution is 2.37. The van der Waals surface area contributed by atoms with Crippen molar-refractivity contribution >= 4 is 29.2 Å². The maximum atomic E-state index is 13.4. The summed E-state index contributed by atoms with van der Waals surface area (Å²) in [6, 6.07) is 10.3. The standard InChI is InChI=1S/C33H36O6S/c1-7-38-29-19-23(13-17-28(29)39-33(36)30-9-8-18-40-30)12-16-27(34)26-20-24(14-10-21(2)3)32(37-6)25(31(26)35)15-11-22(4)5/h8-13,16-20,35H,7,14-15H2,1-6H3/b16-12+. The first kappa shape index (κ1) is 30.4. The van der Waals surface area contributed by atoms with Crippen LogP contribution < -0.4 is 14.2 Å². The van der Waals surface area contributed by atoms with Gasteiger partial charge in [-0.3, -0.25) is 4.79 Å².